The second-order valence-electron chi connectivity index (χ2n) is 4.83. The molecule has 0 saturated heterocycles. The minimum Gasteiger partial charge on any atom is -0.429 e. The zero-order valence-corrected chi connectivity index (χ0v) is 17.5. The van der Waals surface area contributed by atoms with Crippen LogP contribution in [0.15, 0.2) is 39.3 Å². The van der Waals surface area contributed by atoms with E-state index in [2.05, 4.69) is 41.8 Å². The summed E-state index contributed by atoms with van der Waals surface area (Å²) >= 11 is 23.4. The summed E-state index contributed by atoms with van der Waals surface area (Å²) in [5.41, 5.74) is 2.28. The molecule has 3 rings (SSSR count). The Kier molecular flexibility index (Phi) is 5.60. The van der Waals surface area contributed by atoms with Gasteiger partial charge in [0.1, 0.15) is 17.6 Å². The molecule has 1 aromatic heterocycles. The number of alkyl halides is 3. The van der Waals surface area contributed by atoms with Crippen molar-refractivity contribution in [3.8, 4) is 5.75 Å². The van der Waals surface area contributed by atoms with E-state index < -0.39 is 16.6 Å². The summed E-state index contributed by atoms with van der Waals surface area (Å²) < 4.78 is 9.49. The van der Waals surface area contributed by atoms with E-state index in [1.807, 2.05) is 24.3 Å². The van der Waals surface area contributed by atoms with Gasteiger partial charge in [-0.1, -0.05) is 46.9 Å². The lowest BCUT2D eigenvalue weighted by Gasteiger charge is -2.13. The molecule has 2 aromatic carbocycles. The van der Waals surface area contributed by atoms with Crippen LogP contribution in [0.5, 0.6) is 5.75 Å². The van der Waals surface area contributed by atoms with Crippen LogP contribution in [0.3, 0.4) is 0 Å². The smallest absolute Gasteiger partial charge is 0.429 e. The summed E-state index contributed by atoms with van der Waals surface area (Å²) in [6.07, 6.45) is -1.02. The van der Waals surface area contributed by atoms with Gasteiger partial charge in [0.2, 0.25) is 3.79 Å². The highest BCUT2D eigenvalue weighted by atomic mass is 79.9. The molecule has 0 unspecified atom stereocenters. The number of ether oxygens (including phenoxy) is 2. The van der Waals surface area contributed by atoms with Gasteiger partial charge in [-0.05, 0) is 50.1 Å². The number of benzene rings is 2. The molecule has 0 fully saturated rings. The Balaban J connectivity index is 2.04. The molecular formula is C15H7Br2Cl3N2O3. The van der Waals surface area contributed by atoms with Gasteiger partial charge in [0.05, 0.1) is 15.5 Å². The molecule has 0 bridgehead atoms. The van der Waals surface area contributed by atoms with Crippen molar-refractivity contribution in [3.63, 3.8) is 0 Å². The second kappa shape index (κ2) is 7.40. The first-order chi connectivity index (χ1) is 11.7. The van der Waals surface area contributed by atoms with E-state index in [1.54, 1.807) is 6.07 Å². The van der Waals surface area contributed by atoms with E-state index in [0.29, 0.717) is 31.0 Å². The Morgan fingerprint density at radius 3 is 2.24 bits per heavy atom. The quantitative estimate of drug-likeness (QED) is 0.171. The Bertz CT molecular complexity index is 980. The number of carbonyl (C=O) groups excluding carboxylic acids is 1. The molecule has 10 heteroatoms. The summed E-state index contributed by atoms with van der Waals surface area (Å²) in [4.78, 5) is 21.0. The van der Waals surface area contributed by atoms with Gasteiger partial charge in [-0.15, -0.1) is 0 Å². The summed E-state index contributed by atoms with van der Waals surface area (Å²) in [6, 6.07) is 9.05. The first-order valence-corrected chi connectivity index (χ1v) is 9.42. The maximum Gasteiger partial charge on any atom is 0.514 e. The summed E-state index contributed by atoms with van der Waals surface area (Å²) in [5.74, 6) is 0.158. The standard InChI is InChI=1S/C15H7Br2Cl3N2O3/c16-7-5-8(17)13(25-14(23)24-6-15(18,19)20)12-11(7)21-9-3-1-2-4-10(9)22-12/h1-5H,6H2. The highest BCUT2D eigenvalue weighted by molar-refractivity contribution is 9.11. The van der Waals surface area contributed by atoms with Crippen LogP contribution >= 0.6 is 66.7 Å². The molecule has 130 valence electrons. The normalized spacial score (nSPS) is 11.7. The van der Waals surface area contributed by atoms with Gasteiger partial charge in [0.15, 0.2) is 5.75 Å². The fourth-order valence-electron chi connectivity index (χ4n) is 2.03. The van der Waals surface area contributed by atoms with Gasteiger partial charge in [-0.2, -0.15) is 0 Å². The molecule has 0 saturated carbocycles. The Morgan fingerprint density at radius 1 is 1.04 bits per heavy atom. The summed E-state index contributed by atoms with van der Waals surface area (Å²) in [5, 5.41) is 0. The van der Waals surface area contributed by atoms with Gasteiger partial charge >= 0.3 is 6.16 Å². The number of hydrogen-bond donors (Lipinski definition) is 0. The predicted octanol–water partition coefficient (Wildman–Crippen LogP) is 6.19. The fourth-order valence-corrected chi connectivity index (χ4v) is 3.51. The molecule has 0 aliphatic rings. The van der Waals surface area contributed by atoms with Crippen molar-refractivity contribution < 1.29 is 14.3 Å². The zero-order valence-electron chi connectivity index (χ0n) is 12.1. The van der Waals surface area contributed by atoms with Gasteiger partial charge in [0.25, 0.3) is 0 Å². The number of para-hydroxylation sites is 2. The molecule has 5 nitrogen and oxygen atoms in total. The lowest BCUT2D eigenvalue weighted by molar-refractivity contribution is 0.101. The van der Waals surface area contributed by atoms with E-state index in [-0.39, 0.29) is 5.75 Å². The van der Waals surface area contributed by atoms with Gasteiger partial charge in [0, 0.05) is 4.47 Å². The van der Waals surface area contributed by atoms with Crippen LogP contribution in [-0.4, -0.2) is 26.5 Å². The van der Waals surface area contributed by atoms with Crippen LogP contribution in [-0.2, 0) is 4.74 Å². The number of hydrogen-bond acceptors (Lipinski definition) is 5. The molecule has 3 aromatic rings. The maximum atomic E-state index is 11.9. The van der Waals surface area contributed by atoms with Crippen LogP contribution < -0.4 is 4.74 Å². The minimum absolute atomic E-state index is 0.158. The molecule has 1 heterocycles. The summed E-state index contributed by atoms with van der Waals surface area (Å²) in [7, 11) is 0. The average Bonchev–Trinajstić information content (AvgIpc) is 2.55. The molecule has 0 spiro atoms. The Labute approximate surface area is 173 Å². The Hall–Kier alpha value is -0.860. The van der Waals surface area contributed by atoms with Crippen LogP contribution in [0.4, 0.5) is 4.79 Å². The van der Waals surface area contributed by atoms with Gasteiger partial charge in [-0.3, -0.25) is 0 Å². The van der Waals surface area contributed by atoms with Crippen molar-refractivity contribution in [1.82, 2.24) is 9.97 Å². The number of nitrogens with zero attached hydrogens (tertiary/aromatic N) is 2. The van der Waals surface area contributed by atoms with Gasteiger partial charge in [-0.25, -0.2) is 14.8 Å². The van der Waals surface area contributed by atoms with Crippen molar-refractivity contribution in [3.05, 3.63) is 39.3 Å². The van der Waals surface area contributed by atoms with E-state index in [1.165, 1.54) is 0 Å². The summed E-state index contributed by atoms with van der Waals surface area (Å²) in [6.45, 7) is -0.447. The van der Waals surface area contributed by atoms with E-state index in [0.717, 1.165) is 0 Å². The Morgan fingerprint density at radius 2 is 1.64 bits per heavy atom. The highest BCUT2D eigenvalue weighted by Gasteiger charge is 2.24. The van der Waals surface area contributed by atoms with Crippen molar-refractivity contribution >= 4 is 94.9 Å². The minimum atomic E-state index is -1.73. The maximum absolute atomic E-state index is 11.9. The zero-order chi connectivity index (χ0) is 18.2. The molecular weight excluding hydrogens is 522 g/mol. The third-order valence-electron chi connectivity index (χ3n) is 3.02. The van der Waals surface area contributed by atoms with Crippen LogP contribution in [0.2, 0.25) is 0 Å². The van der Waals surface area contributed by atoms with Crippen molar-refractivity contribution in [2.75, 3.05) is 6.61 Å². The monoisotopic (exact) mass is 526 g/mol. The lowest BCUT2D eigenvalue weighted by atomic mass is 10.2. The van der Waals surface area contributed by atoms with Gasteiger partial charge < -0.3 is 9.47 Å². The molecule has 0 amide bonds. The number of rotatable bonds is 2. The second-order valence-corrected chi connectivity index (χ2v) is 9.06. The molecule has 0 N–H and O–H groups in total. The van der Waals surface area contributed by atoms with Crippen LogP contribution in [0.1, 0.15) is 0 Å². The molecule has 0 atom stereocenters. The fraction of sp³-hybridized carbons (Fsp3) is 0.133. The van der Waals surface area contributed by atoms with Crippen LogP contribution in [0, 0.1) is 0 Å². The van der Waals surface area contributed by atoms with E-state index in [9.17, 15) is 4.79 Å². The molecule has 0 radical (unpaired) electrons. The number of carbonyl (C=O) groups is 1. The van der Waals surface area contributed by atoms with Crippen molar-refractivity contribution in [2.24, 2.45) is 0 Å². The number of fused-ring (bicyclic) bond motifs is 2. The molecule has 0 aliphatic carbocycles. The highest BCUT2D eigenvalue weighted by Crippen LogP contribution is 2.38. The largest absolute Gasteiger partial charge is 0.514 e. The topological polar surface area (TPSA) is 61.3 Å². The van der Waals surface area contributed by atoms with Crippen molar-refractivity contribution in [2.45, 2.75) is 3.79 Å². The first-order valence-electron chi connectivity index (χ1n) is 6.70. The first kappa shape index (κ1) is 18.9. The van der Waals surface area contributed by atoms with E-state index >= 15 is 0 Å². The third-order valence-corrected chi connectivity index (χ3v) is 4.54. The van der Waals surface area contributed by atoms with Crippen molar-refractivity contribution in [1.29, 1.82) is 0 Å². The van der Waals surface area contributed by atoms with E-state index in [4.69, 9.17) is 44.3 Å². The number of halogens is 5. The molecule has 0 aliphatic heterocycles. The average molecular weight is 529 g/mol. The lowest BCUT2D eigenvalue weighted by Crippen LogP contribution is -2.20. The third kappa shape index (κ3) is 4.46. The SMILES string of the molecule is O=C(OCC(Cl)(Cl)Cl)Oc1c(Br)cc(Br)c2nc3ccccc3nc12. The predicted molar refractivity (Wildman–Crippen MR) is 105 cm³/mol. The number of aromatic nitrogens is 2. The molecule has 25 heavy (non-hydrogen) atoms. The van der Waals surface area contributed by atoms with Crippen LogP contribution in [0.25, 0.3) is 22.1 Å².